The Balaban J connectivity index is 2.64. The predicted octanol–water partition coefficient (Wildman–Crippen LogP) is 3.15. The maximum Gasteiger partial charge on any atom is 0.303 e. The first kappa shape index (κ1) is 15.7. The third kappa shape index (κ3) is 5.03. The zero-order valence-electron chi connectivity index (χ0n) is 12.7. The van der Waals surface area contributed by atoms with E-state index < -0.39 is 5.97 Å². The van der Waals surface area contributed by atoms with Gasteiger partial charge in [-0.25, -0.2) is 0 Å². The molecule has 3 nitrogen and oxygen atoms in total. The van der Waals surface area contributed by atoms with Gasteiger partial charge in [-0.3, -0.25) is 4.79 Å². The molecule has 1 N–H and O–H groups in total. The van der Waals surface area contributed by atoms with E-state index in [9.17, 15) is 4.79 Å². The maximum absolute atomic E-state index is 10.7. The molecular weight excluding hydrogens is 238 g/mol. The van der Waals surface area contributed by atoms with E-state index in [4.69, 9.17) is 5.11 Å². The summed E-state index contributed by atoms with van der Waals surface area (Å²) in [5.74, 6) is -0.544. The van der Waals surface area contributed by atoms with Gasteiger partial charge in [0.15, 0.2) is 0 Å². The quantitative estimate of drug-likeness (QED) is 0.857. The zero-order chi connectivity index (χ0) is 14.6. The van der Waals surface area contributed by atoms with Gasteiger partial charge in [-0.15, -0.1) is 0 Å². The Kier molecular flexibility index (Phi) is 5.55. The largest absolute Gasteiger partial charge is 0.481 e. The van der Waals surface area contributed by atoms with Crippen molar-refractivity contribution in [3.8, 4) is 0 Å². The minimum Gasteiger partial charge on any atom is -0.481 e. The molecule has 0 aromatic heterocycles. The van der Waals surface area contributed by atoms with Crippen molar-refractivity contribution in [3.05, 3.63) is 34.4 Å². The van der Waals surface area contributed by atoms with Crippen LogP contribution in [0.5, 0.6) is 0 Å². The second kappa shape index (κ2) is 6.71. The van der Waals surface area contributed by atoms with Gasteiger partial charge in [0, 0.05) is 19.5 Å². The van der Waals surface area contributed by atoms with Crippen molar-refractivity contribution in [1.29, 1.82) is 0 Å². The zero-order valence-corrected chi connectivity index (χ0v) is 12.7. The number of hydrogen-bond donors (Lipinski definition) is 1. The highest BCUT2D eigenvalue weighted by atomic mass is 16.4. The lowest BCUT2D eigenvalue weighted by Crippen LogP contribution is -2.25. The van der Waals surface area contributed by atoms with Crippen LogP contribution in [0.1, 0.15) is 35.6 Å². The molecule has 0 aliphatic heterocycles. The number of hydrogen-bond acceptors (Lipinski definition) is 2. The highest BCUT2D eigenvalue weighted by Crippen LogP contribution is 2.17. The second-order valence-electron chi connectivity index (χ2n) is 5.76. The van der Waals surface area contributed by atoms with Crippen molar-refractivity contribution in [2.45, 2.75) is 40.7 Å². The van der Waals surface area contributed by atoms with Gasteiger partial charge in [-0.05, 0) is 56.0 Å². The maximum atomic E-state index is 10.7. The van der Waals surface area contributed by atoms with E-state index in [0.717, 1.165) is 13.1 Å². The van der Waals surface area contributed by atoms with Gasteiger partial charge in [0.05, 0.1) is 0 Å². The highest BCUT2D eigenvalue weighted by molar-refractivity contribution is 5.66. The van der Waals surface area contributed by atoms with Gasteiger partial charge in [-0.2, -0.15) is 0 Å². The molecule has 1 aromatic carbocycles. The fourth-order valence-corrected chi connectivity index (χ4v) is 2.44. The van der Waals surface area contributed by atoms with Crippen molar-refractivity contribution in [1.82, 2.24) is 4.90 Å². The molecule has 0 aliphatic rings. The summed E-state index contributed by atoms with van der Waals surface area (Å²) >= 11 is 0. The molecule has 0 saturated carbocycles. The van der Waals surface area contributed by atoms with Crippen LogP contribution in [-0.4, -0.2) is 29.6 Å². The van der Waals surface area contributed by atoms with E-state index in [1.165, 1.54) is 22.3 Å². The summed E-state index contributed by atoms with van der Waals surface area (Å²) in [5, 5.41) is 8.78. The second-order valence-corrected chi connectivity index (χ2v) is 5.76. The Morgan fingerprint density at radius 2 is 1.79 bits per heavy atom. The van der Waals surface area contributed by atoms with Crippen LogP contribution in [0.15, 0.2) is 12.1 Å². The molecule has 0 heterocycles. The number of aliphatic carboxylic acids is 1. The first-order chi connectivity index (χ1) is 8.79. The Hall–Kier alpha value is -1.35. The molecule has 0 bridgehead atoms. The number of rotatable bonds is 6. The number of benzene rings is 1. The molecule has 0 amide bonds. The molecule has 1 aromatic rings. The fraction of sp³-hybridized carbons (Fsp3) is 0.562. The first-order valence-electron chi connectivity index (χ1n) is 6.76. The van der Waals surface area contributed by atoms with Gasteiger partial charge in [0.25, 0.3) is 0 Å². The van der Waals surface area contributed by atoms with Crippen molar-refractivity contribution in [2.24, 2.45) is 5.92 Å². The Bertz CT molecular complexity index is 454. The molecule has 1 rings (SSSR count). The highest BCUT2D eigenvalue weighted by Gasteiger charge is 2.12. The number of nitrogens with zero attached hydrogens (tertiary/aromatic N) is 1. The SMILES string of the molecule is Cc1cc(C)c(CN(C)CC(C)CC(=O)O)cc1C. The Morgan fingerprint density at radius 3 is 2.37 bits per heavy atom. The molecule has 19 heavy (non-hydrogen) atoms. The van der Waals surface area contributed by atoms with Crippen LogP contribution in [0.4, 0.5) is 0 Å². The van der Waals surface area contributed by atoms with Crippen molar-refractivity contribution >= 4 is 5.97 Å². The standard InChI is InChI=1S/C16H25NO2/c1-11(6-16(18)19)9-17(5)10-15-8-13(3)12(2)7-14(15)4/h7-8,11H,6,9-10H2,1-5H3,(H,18,19). The summed E-state index contributed by atoms with van der Waals surface area (Å²) in [6.07, 6.45) is 0.232. The van der Waals surface area contributed by atoms with Crippen LogP contribution in [0.2, 0.25) is 0 Å². The van der Waals surface area contributed by atoms with Crippen LogP contribution in [-0.2, 0) is 11.3 Å². The molecule has 106 valence electrons. The topological polar surface area (TPSA) is 40.5 Å². The third-order valence-corrected chi connectivity index (χ3v) is 3.54. The van der Waals surface area contributed by atoms with E-state index in [-0.39, 0.29) is 12.3 Å². The van der Waals surface area contributed by atoms with Crippen molar-refractivity contribution in [3.63, 3.8) is 0 Å². The van der Waals surface area contributed by atoms with E-state index in [1.807, 2.05) is 14.0 Å². The lowest BCUT2D eigenvalue weighted by Gasteiger charge is -2.22. The molecule has 0 fully saturated rings. The average molecular weight is 263 g/mol. The molecular formula is C16H25NO2. The van der Waals surface area contributed by atoms with Gasteiger partial charge in [-0.1, -0.05) is 19.1 Å². The van der Waals surface area contributed by atoms with E-state index in [1.54, 1.807) is 0 Å². The minimum atomic E-state index is -0.719. The number of carbonyl (C=O) groups is 1. The minimum absolute atomic E-state index is 0.175. The van der Waals surface area contributed by atoms with Crippen LogP contribution < -0.4 is 0 Å². The first-order valence-corrected chi connectivity index (χ1v) is 6.76. The molecule has 0 aliphatic carbocycles. The fourth-order valence-electron chi connectivity index (χ4n) is 2.44. The van der Waals surface area contributed by atoms with Crippen molar-refractivity contribution < 1.29 is 9.90 Å². The van der Waals surface area contributed by atoms with Crippen molar-refractivity contribution in [2.75, 3.05) is 13.6 Å². The van der Waals surface area contributed by atoms with Crippen LogP contribution in [0.25, 0.3) is 0 Å². The molecule has 0 saturated heterocycles. The number of carboxylic acid groups (broad SMARTS) is 1. The number of carboxylic acids is 1. The van der Waals surface area contributed by atoms with E-state index in [0.29, 0.717) is 0 Å². The van der Waals surface area contributed by atoms with E-state index in [2.05, 4.69) is 37.8 Å². The Labute approximate surface area is 116 Å². The van der Waals surface area contributed by atoms with E-state index >= 15 is 0 Å². The predicted molar refractivity (Wildman–Crippen MR) is 78.4 cm³/mol. The summed E-state index contributed by atoms with van der Waals surface area (Å²) in [7, 11) is 2.05. The van der Waals surface area contributed by atoms with Crippen LogP contribution >= 0.6 is 0 Å². The summed E-state index contributed by atoms with van der Waals surface area (Å²) in [6, 6.07) is 4.46. The smallest absolute Gasteiger partial charge is 0.303 e. The lowest BCUT2D eigenvalue weighted by molar-refractivity contribution is -0.138. The third-order valence-electron chi connectivity index (χ3n) is 3.54. The Morgan fingerprint density at radius 1 is 1.21 bits per heavy atom. The molecule has 0 spiro atoms. The monoisotopic (exact) mass is 263 g/mol. The van der Waals surface area contributed by atoms with Gasteiger partial charge in [0.1, 0.15) is 0 Å². The normalized spacial score (nSPS) is 12.7. The molecule has 1 atom stereocenters. The average Bonchev–Trinajstić information content (AvgIpc) is 2.24. The van der Waals surface area contributed by atoms with Crippen LogP contribution in [0, 0.1) is 26.7 Å². The van der Waals surface area contributed by atoms with Crippen LogP contribution in [0.3, 0.4) is 0 Å². The molecule has 0 radical (unpaired) electrons. The summed E-state index contributed by atoms with van der Waals surface area (Å²) in [6.45, 7) is 10.1. The van der Waals surface area contributed by atoms with Gasteiger partial charge in [0.2, 0.25) is 0 Å². The van der Waals surface area contributed by atoms with Gasteiger partial charge < -0.3 is 10.0 Å². The molecule has 1 unspecified atom stereocenters. The summed E-state index contributed by atoms with van der Waals surface area (Å²) in [5.41, 5.74) is 5.27. The lowest BCUT2D eigenvalue weighted by atomic mass is 10.00. The summed E-state index contributed by atoms with van der Waals surface area (Å²) in [4.78, 5) is 12.9. The summed E-state index contributed by atoms with van der Waals surface area (Å²) < 4.78 is 0. The van der Waals surface area contributed by atoms with Gasteiger partial charge >= 0.3 is 5.97 Å². The number of aryl methyl sites for hydroxylation is 3. The molecule has 3 heteroatoms.